The van der Waals surface area contributed by atoms with Crippen LogP contribution in [0.4, 0.5) is 5.69 Å². The Labute approximate surface area is 159 Å². The van der Waals surface area contributed by atoms with Crippen molar-refractivity contribution in [3.05, 3.63) is 54.1 Å². The van der Waals surface area contributed by atoms with E-state index < -0.39 is 0 Å². The summed E-state index contributed by atoms with van der Waals surface area (Å²) < 4.78 is 11.1. The van der Waals surface area contributed by atoms with Crippen LogP contribution in [0.3, 0.4) is 0 Å². The zero-order chi connectivity index (χ0) is 18.9. The van der Waals surface area contributed by atoms with Crippen LogP contribution in [-0.4, -0.2) is 43.8 Å². The van der Waals surface area contributed by atoms with Crippen molar-refractivity contribution >= 4 is 17.8 Å². The maximum atomic E-state index is 12.2. The van der Waals surface area contributed by atoms with Gasteiger partial charge in [-0.1, -0.05) is 18.2 Å². The van der Waals surface area contributed by atoms with Crippen LogP contribution < -0.4 is 14.9 Å². The Kier molecular flexibility index (Phi) is 6.68. The van der Waals surface area contributed by atoms with Gasteiger partial charge in [-0.3, -0.25) is 10.2 Å². The minimum atomic E-state index is 0.0226. The van der Waals surface area contributed by atoms with E-state index in [0.717, 1.165) is 37.2 Å². The monoisotopic (exact) mass is 367 g/mol. The van der Waals surface area contributed by atoms with E-state index in [2.05, 4.69) is 10.5 Å². The number of carbonyl (C=O) groups is 1. The Morgan fingerprint density at radius 1 is 1.11 bits per heavy atom. The maximum absolute atomic E-state index is 12.2. The molecule has 1 aliphatic heterocycles. The number of rotatable bonds is 7. The molecule has 3 rings (SSSR count). The summed E-state index contributed by atoms with van der Waals surface area (Å²) in [4.78, 5) is 14.1. The summed E-state index contributed by atoms with van der Waals surface area (Å²) in [5.41, 5.74) is 4.75. The molecule has 1 aliphatic rings. The molecule has 1 fully saturated rings. The van der Waals surface area contributed by atoms with Crippen LogP contribution in [0.15, 0.2) is 53.6 Å². The van der Waals surface area contributed by atoms with Gasteiger partial charge in [0.15, 0.2) is 18.1 Å². The number of para-hydroxylation sites is 1. The second-order valence-electron chi connectivity index (χ2n) is 6.38. The fourth-order valence-corrected chi connectivity index (χ4v) is 2.95. The van der Waals surface area contributed by atoms with Crippen molar-refractivity contribution < 1.29 is 14.3 Å². The molecule has 142 valence electrons. The fourth-order valence-electron chi connectivity index (χ4n) is 2.95. The van der Waals surface area contributed by atoms with E-state index in [1.807, 2.05) is 47.4 Å². The summed E-state index contributed by atoms with van der Waals surface area (Å²) in [5, 5.41) is 4.22. The minimum absolute atomic E-state index is 0.0226. The summed E-state index contributed by atoms with van der Waals surface area (Å²) in [6, 6.07) is 15.2. The second kappa shape index (κ2) is 9.62. The highest BCUT2D eigenvalue weighted by Crippen LogP contribution is 2.27. The molecule has 6 nitrogen and oxygen atoms in total. The number of anilines is 1. The lowest BCUT2D eigenvalue weighted by atomic mass is 10.1. The van der Waals surface area contributed by atoms with Crippen molar-refractivity contribution in [3.63, 3.8) is 0 Å². The maximum Gasteiger partial charge on any atom is 0.260 e. The number of hydrogen-bond acceptors (Lipinski definition) is 5. The summed E-state index contributed by atoms with van der Waals surface area (Å²) >= 11 is 0. The van der Waals surface area contributed by atoms with E-state index in [1.54, 1.807) is 19.4 Å². The fraction of sp³-hybridized carbons (Fsp3) is 0.333. The van der Waals surface area contributed by atoms with E-state index in [1.165, 1.54) is 6.42 Å². The van der Waals surface area contributed by atoms with Crippen LogP contribution in [-0.2, 0) is 4.79 Å². The van der Waals surface area contributed by atoms with Crippen LogP contribution in [0.25, 0.3) is 0 Å². The first-order chi connectivity index (χ1) is 13.3. The van der Waals surface area contributed by atoms with Crippen molar-refractivity contribution in [3.8, 4) is 11.5 Å². The number of nitrogens with one attached hydrogen (secondary N) is 1. The number of carbonyl (C=O) groups excluding carboxylic acids is 1. The number of piperidine rings is 1. The van der Waals surface area contributed by atoms with Gasteiger partial charge in [0.1, 0.15) is 0 Å². The number of methoxy groups -OCH3 is 1. The molecule has 0 aromatic heterocycles. The predicted molar refractivity (Wildman–Crippen MR) is 107 cm³/mol. The average molecular weight is 367 g/mol. The van der Waals surface area contributed by atoms with Crippen LogP contribution in [0.5, 0.6) is 11.5 Å². The van der Waals surface area contributed by atoms with Gasteiger partial charge in [0.05, 0.1) is 19.0 Å². The number of likely N-dealkylation sites (tertiary alicyclic amines) is 1. The zero-order valence-electron chi connectivity index (χ0n) is 15.6. The van der Waals surface area contributed by atoms with Gasteiger partial charge >= 0.3 is 0 Å². The number of ether oxygens (including phenoxy) is 2. The second-order valence-corrected chi connectivity index (χ2v) is 6.38. The number of benzene rings is 2. The molecule has 6 heteroatoms. The van der Waals surface area contributed by atoms with Gasteiger partial charge in [0.25, 0.3) is 5.91 Å². The third-order valence-corrected chi connectivity index (χ3v) is 4.43. The third kappa shape index (κ3) is 5.48. The summed E-state index contributed by atoms with van der Waals surface area (Å²) in [6.07, 6.45) is 5.04. The molecule has 0 saturated carbocycles. The summed E-state index contributed by atoms with van der Waals surface area (Å²) in [7, 11) is 1.58. The van der Waals surface area contributed by atoms with Gasteiger partial charge in [-0.15, -0.1) is 0 Å². The highest BCUT2D eigenvalue weighted by Gasteiger charge is 2.17. The van der Waals surface area contributed by atoms with Crippen molar-refractivity contribution in [2.45, 2.75) is 19.3 Å². The van der Waals surface area contributed by atoms with Crippen molar-refractivity contribution in [1.82, 2.24) is 4.90 Å². The zero-order valence-corrected chi connectivity index (χ0v) is 15.6. The number of amides is 1. The Morgan fingerprint density at radius 2 is 1.89 bits per heavy atom. The first-order valence-corrected chi connectivity index (χ1v) is 9.19. The van der Waals surface area contributed by atoms with E-state index in [4.69, 9.17) is 9.47 Å². The average Bonchev–Trinajstić information content (AvgIpc) is 2.73. The lowest BCUT2D eigenvalue weighted by Crippen LogP contribution is -2.38. The molecule has 0 radical (unpaired) electrons. The van der Waals surface area contributed by atoms with Crippen LogP contribution in [0.2, 0.25) is 0 Å². The molecule has 1 amide bonds. The highest BCUT2D eigenvalue weighted by atomic mass is 16.5. The minimum Gasteiger partial charge on any atom is -0.493 e. The molecule has 0 spiro atoms. The Hall–Kier alpha value is -3.02. The number of hydrazone groups is 1. The number of hydrogen-bond donors (Lipinski definition) is 1. The van der Waals surface area contributed by atoms with Crippen molar-refractivity contribution in [2.75, 3.05) is 32.2 Å². The molecule has 0 atom stereocenters. The molecule has 27 heavy (non-hydrogen) atoms. The van der Waals surface area contributed by atoms with Gasteiger partial charge in [0.2, 0.25) is 0 Å². The van der Waals surface area contributed by atoms with Gasteiger partial charge in [0, 0.05) is 13.1 Å². The third-order valence-electron chi connectivity index (χ3n) is 4.43. The molecule has 2 aromatic carbocycles. The Balaban J connectivity index is 1.57. The molecule has 0 unspecified atom stereocenters. The lowest BCUT2D eigenvalue weighted by molar-refractivity contribution is -0.134. The largest absolute Gasteiger partial charge is 0.493 e. The van der Waals surface area contributed by atoms with Crippen molar-refractivity contribution in [1.29, 1.82) is 0 Å². The predicted octanol–water partition coefficient (Wildman–Crippen LogP) is 3.53. The van der Waals surface area contributed by atoms with E-state index in [0.29, 0.717) is 11.5 Å². The van der Waals surface area contributed by atoms with E-state index in [-0.39, 0.29) is 12.5 Å². The molecule has 1 saturated heterocycles. The first-order valence-electron chi connectivity index (χ1n) is 9.19. The van der Waals surface area contributed by atoms with Crippen molar-refractivity contribution in [2.24, 2.45) is 5.10 Å². The Bertz CT molecular complexity index is 771. The molecule has 1 N–H and O–H groups in total. The highest BCUT2D eigenvalue weighted by molar-refractivity contribution is 5.82. The molecular formula is C21H25N3O3. The number of nitrogens with zero attached hydrogens (tertiary/aromatic N) is 2. The van der Waals surface area contributed by atoms with E-state index >= 15 is 0 Å². The van der Waals surface area contributed by atoms with Crippen LogP contribution >= 0.6 is 0 Å². The van der Waals surface area contributed by atoms with Gasteiger partial charge in [-0.25, -0.2) is 0 Å². The quantitative estimate of drug-likeness (QED) is 0.601. The lowest BCUT2D eigenvalue weighted by Gasteiger charge is -2.26. The van der Waals surface area contributed by atoms with Gasteiger partial charge in [-0.2, -0.15) is 5.10 Å². The van der Waals surface area contributed by atoms with Gasteiger partial charge < -0.3 is 14.4 Å². The summed E-state index contributed by atoms with van der Waals surface area (Å²) in [5.74, 6) is 1.15. The smallest absolute Gasteiger partial charge is 0.260 e. The SMILES string of the molecule is COc1cc(/C=N\Nc2ccccc2)ccc1OCC(=O)N1CCCCC1. The molecule has 0 bridgehead atoms. The molecule has 0 aliphatic carbocycles. The van der Waals surface area contributed by atoms with Gasteiger partial charge in [-0.05, 0) is 55.2 Å². The normalized spacial score (nSPS) is 14.2. The molecule has 1 heterocycles. The van der Waals surface area contributed by atoms with Crippen LogP contribution in [0, 0.1) is 0 Å². The van der Waals surface area contributed by atoms with Crippen LogP contribution in [0.1, 0.15) is 24.8 Å². The Morgan fingerprint density at radius 3 is 2.63 bits per heavy atom. The summed E-state index contributed by atoms with van der Waals surface area (Å²) in [6.45, 7) is 1.67. The first kappa shape index (κ1) is 18.8. The molecule has 2 aromatic rings. The van der Waals surface area contributed by atoms with E-state index in [9.17, 15) is 4.79 Å². The standard InChI is InChI=1S/C21H25N3O3/c1-26-20-14-17(15-22-23-18-8-4-2-5-9-18)10-11-19(20)27-16-21(25)24-12-6-3-7-13-24/h2,4-5,8-11,14-15,23H,3,6-7,12-13,16H2,1H3/b22-15-. The molecular weight excluding hydrogens is 342 g/mol. The topological polar surface area (TPSA) is 63.2 Å².